The molecule has 470 valence electrons. The summed E-state index contributed by atoms with van der Waals surface area (Å²) in [7, 11) is 1.31. The molecule has 2 amide bonds. The minimum absolute atomic E-state index is 0. The molecule has 0 radical (unpaired) electrons. The van der Waals surface area contributed by atoms with Gasteiger partial charge in [-0.25, -0.2) is 28.3 Å². The number of carbonyl (C=O) groups excluding carboxylic acids is 3. The summed E-state index contributed by atoms with van der Waals surface area (Å²) in [6.07, 6.45) is 8.91. The molecule has 19 nitrogen and oxygen atoms in total. The van der Waals surface area contributed by atoms with Crippen molar-refractivity contribution in [2.24, 2.45) is 0 Å². The molecule has 0 bridgehead atoms. The Balaban J connectivity index is 0.000000211. The Morgan fingerprint density at radius 3 is 1.44 bits per heavy atom. The smallest absolute Gasteiger partial charge is 0.870 e. The van der Waals surface area contributed by atoms with E-state index in [0.717, 1.165) is 60.8 Å². The van der Waals surface area contributed by atoms with Gasteiger partial charge in [0.1, 0.15) is 36.3 Å². The maximum absolute atomic E-state index is 15.4. The molecule has 8 aromatic rings. The normalized spacial score (nSPS) is 18.7. The number of fused-ring (bicyclic) bond motifs is 2. The van der Waals surface area contributed by atoms with Crippen LogP contribution in [0.4, 0.5) is 19.0 Å². The summed E-state index contributed by atoms with van der Waals surface area (Å²) < 4.78 is 72.1. The molecule has 0 spiro atoms. The number of thiazole rings is 2. The Bertz CT molecular complexity index is 3840. The van der Waals surface area contributed by atoms with Crippen LogP contribution in [0.25, 0.3) is 22.3 Å². The zero-order valence-corrected chi connectivity index (χ0v) is 54.2. The molecule has 91 heavy (non-hydrogen) atoms. The minimum Gasteiger partial charge on any atom is -0.870 e. The van der Waals surface area contributed by atoms with Crippen molar-refractivity contribution in [1.82, 2.24) is 20.6 Å². The number of carboxylic acid groups (broad SMARTS) is 1. The van der Waals surface area contributed by atoms with Gasteiger partial charge in [-0.2, -0.15) is 0 Å². The van der Waals surface area contributed by atoms with Gasteiger partial charge in [0.05, 0.1) is 30.4 Å². The molecule has 6 aromatic carbocycles. The van der Waals surface area contributed by atoms with Crippen LogP contribution in [0.1, 0.15) is 95.3 Å². The van der Waals surface area contributed by atoms with E-state index in [1.165, 1.54) is 54.0 Å². The second-order valence-electron chi connectivity index (χ2n) is 22.4. The number of rotatable bonds is 20. The summed E-state index contributed by atoms with van der Waals surface area (Å²) in [6.45, 7) is 7.49. The number of aromatic carboxylic acids is 1. The molecule has 2 unspecified atom stereocenters. The number of benzene rings is 6. The zero-order valence-electron chi connectivity index (χ0n) is 50.6. The molecule has 4 aliphatic heterocycles. The van der Waals surface area contributed by atoms with Crippen LogP contribution in [-0.2, 0) is 47.7 Å². The van der Waals surface area contributed by atoms with E-state index < -0.39 is 34.7 Å². The topological polar surface area (TPSA) is 257 Å². The van der Waals surface area contributed by atoms with Gasteiger partial charge in [-0.05, 0) is 159 Å². The first-order valence-corrected chi connectivity index (χ1v) is 31.0. The Kier molecular flexibility index (Phi) is 22.8. The third kappa shape index (κ3) is 16.7. The monoisotopic (exact) mass is 1290 g/mol. The molecular formula is C67H67F2N6NaO13S2. The van der Waals surface area contributed by atoms with Crippen LogP contribution < -0.4 is 69.8 Å². The van der Waals surface area contributed by atoms with Crippen LogP contribution in [0.2, 0.25) is 0 Å². The fourth-order valence-corrected chi connectivity index (χ4v) is 12.6. The van der Waals surface area contributed by atoms with E-state index in [4.69, 9.17) is 38.3 Å². The Hall–Kier alpha value is -7.68. The van der Waals surface area contributed by atoms with Gasteiger partial charge < -0.3 is 65.0 Å². The van der Waals surface area contributed by atoms with Crippen molar-refractivity contribution in [2.75, 3.05) is 57.3 Å². The molecular weight excluding hydrogens is 1220 g/mol. The van der Waals surface area contributed by atoms with Gasteiger partial charge >= 0.3 is 41.5 Å². The van der Waals surface area contributed by atoms with Crippen molar-refractivity contribution >= 4 is 56.7 Å². The SMILES string of the molecule is COC(=O)c1ccc(-c2ccc(Oc3cc4c(cc3OCC3CCCO3)CCN[C@]4(C)CC(=O)Nc3nccs3)cc2F)cc1.C[C@]1(CC(=O)Nc2nccs2)NCCc2cc(OCC3CCCO3)c(Oc3ccc(-c4ccc(C(=O)O)cc4)c(F)c3)cc21.[Na+].[OH-]. The molecule has 12 rings (SSSR count). The summed E-state index contributed by atoms with van der Waals surface area (Å²) in [4.78, 5) is 57.3. The van der Waals surface area contributed by atoms with E-state index in [2.05, 4.69) is 31.2 Å². The molecule has 2 saturated heterocycles. The molecule has 0 aliphatic carbocycles. The van der Waals surface area contributed by atoms with Crippen molar-refractivity contribution < 1.29 is 101 Å². The Morgan fingerprint density at radius 1 is 0.626 bits per heavy atom. The van der Waals surface area contributed by atoms with Crippen molar-refractivity contribution in [3.63, 3.8) is 0 Å². The van der Waals surface area contributed by atoms with Crippen LogP contribution in [0.5, 0.6) is 34.5 Å². The standard InChI is InChI=1S/C34H34FN3O6S.C33H32FN3O6S.Na.H2O/c1-34(19-31(39)38-33-36-13-15-45-33)27-18-30(29(16-23(27)11-12-37-34)43-20-25-4-3-14-42-25)44-24-9-10-26(28(35)17-24)21-5-7-22(8-6-21)32(40)41-2;1-33(18-30(38)37-32-35-12-14-44-32)26-17-29(28(15-22(26)10-11-36-33)42-19-24-3-2-13-41-24)43-23-8-9-25(27(34)16-23)20-4-6-21(7-5-20)31(39)40;;/h5-10,13,15-18,25,37H,3-4,11-12,14,19-20H2,1-2H3,(H,36,38,39);4-9,12,14-17,24,36H,2-3,10-11,13,18-19H2,1H3,(H,39,40)(H,35,37,38);;1H2/q;;+1;/p-1/t25?,34-;24?,33-;;/m11../s1. The van der Waals surface area contributed by atoms with Gasteiger partial charge in [0, 0.05) is 96.6 Å². The summed E-state index contributed by atoms with van der Waals surface area (Å²) in [6, 6.07) is 29.4. The molecule has 24 heteroatoms. The first-order valence-electron chi connectivity index (χ1n) is 29.3. The first-order chi connectivity index (χ1) is 43.1. The summed E-state index contributed by atoms with van der Waals surface area (Å²) in [5.41, 5.74) is 4.84. The molecule has 4 atom stereocenters. The van der Waals surface area contributed by atoms with Crippen molar-refractivity contribution in [3.05, 3.63) is 177 Å². The molecule has 2 fully saturated rings. The number of carbonyl (C=O) groups is 4. The molecule has 0 saturated carbocycles. The largest absolute Gasteiger partial charge is 1.00 e. The Labute approximate surface area is 554 Å². The van der Waals surface area contributed by atoms with Gasteiger partial charge in [-0.15, -0.1) is 22.7 Å². The van der Waals surface area contributed by atoms with E-state index in [-0.39, 0.29) is 89.0 Å². The van der Waals surface area contributed by atoms with Crippen molar-refractivity contribution in [3.8, 4) is 56.8 Å². The fraction of sp³-hybridized carbons (Fsp3) is 0.313. The first kappa shape index (κ1) is 67.7. The summed E-state index contributed by atoms with van der Waals surface area (Å²) in [5, 5.41) is 26.6. The third-order valence-electron chi connectivity index (χ3n) is 16.0. The second-order valence-corrected chi connectivity index (χ2v) is 24.2. The van der Waals surface area contributed by atoms with Crippen LogP contribution in [-0.4, -0.2) is 103 Å². The van der Waals surface area contributed by atoms with Gasteiger partial charge in [-0.3, -0.25) is 9.59 Å². The number of ether oxygens (including phenoxy) is 7. The number of carboxylic acids is 1. The number of esters is 1. The number of aromatic nitrogens is 2. The van der Waals surface area contributed by atoms with Gasteiger partial charge in [0.2, 0.25) is 11.8 Å². The summed E-state index contributed by atoms with van der Waals surface area (Å²) >= 11 is 2.72. The number of hydrogen-bond acceptors (Lipinski definition) is 18. The van der Waals surface area contributed by atoms with Crippen molar-refractivity contribution in [1.29, 1.82) is 0 Å². The van der Waals surface area contributed by atoms with E-state index >= 15 is 8.78 Å². The van der Waals surface area contributed by atoms with E-state index in [0.29, 0.717) is 101 Å². The van der Waals surface area contributed by atoms with Crippen LogP contribution in [0.15, 0.2) is 132 Å². The van der Waals surface area contributed by atoms with E-state index in [1.807, 2.05) is 43.5 Å². The molecule has 6 heterocycles. The van der Waals surface area contributed by atoms with Gasteiger partial charge in [0.15, 0.2) is 33.3 Å². The molecule has 6 N–H and O–H groups in total. The second kappa shape index (κ2) is 30.6. The van der Waals surface area contributed by atoms with Crippen molar-refractivity contribution in [2.45, 2.75) is 88.5 Å². The van der Waals surface area contributed by atoms with Crippen LogP contribution in [0, 0.1) is 11.6 Å². The van der Waals surface area contributed by atoms with E-state index in [9.17, 15) is 19.2 Å². The third-order valence-corrected chi connectivity index (χ3v) is 17.4. The average molecular weight is 1290 g/mol. The number of hydrogen-bond donors (Lipinski definition) is 5. The Morgan fingerprint density at radius 2 is 1.07 bits per heavy atom. The number of methoxy groups -OCH3 is 1. The predicted octanol–water partition coefficient (Wildman–Crippen LogP) is 9.69. The minimum atomic E-state index is -1.05. The maximum Gasteiger partial charge on any atom is 1.00 e. The maximum atomic E-state index is 15.4. The zero-order chi connectivity index (χ0) is 62.1. The van der Waals surface area contributed by atoms with Crippen LogP contribution >= 0.6 is 22.7 Å². The number of nitrogens with zero attached hydrogens (tertiary/aromatic N) is 2. The summed E-state index contributed by atoms with van der Waals surface area (Å²) in [5.74, 6) is -0.420. The number of anilines is 2. The average Bonchev–Trinajstić information content (AvgIpc) is 1.07. The quantitative estimate of drug-likeness (QED) is 0.0351. The number of amides is 2. The fourth-order valence-electron chi connectivity index (χ4n) is 11.5. The number of nitrogens with one attached hydrogen (secondary N) is 4. The van der Waals surface area contributed by atoms with Gasteiger partial charge in [-0.1, -0.05) is 24.3 Å². The number of halogens is 2. The van der Waals surface area contributed by atoms with Crippen LogP contribution in [0.3, 0.4) is 0 Å². The van der Waals surface area contributed by atoms with E-state index in [1.54, 1.807) is 78.4 Å². The van der Waals surface area contributed by atoms with Gasteiger partial charge in [0.25, 0.3) is 0 Å². The molecule has 4 aliphatic rings. The predicted molar refractivity (Wildman–Crippen MR) is 335 cm³/mol. The molecule has 2 aromatic heterocycles.